The van der Waals surface area contributed by atoms with Gasteiger partial charge in [-0.25, -0.2) is 0 Å². The van der Waals surface area contributed by atoms with Crippen LogP contribution in [0.5, 0.6) is 0 Å². The van der Waals surface area contributed by atoms with Crippen molar-refractivity contribution in [2.45, 2.75) is 31.7 Å². The van der Waals surface area contributed by atoms with Crippen LogP contribution in [0.1, 0.15) is 54.0 Å². The molecule has 1 aliphatic heterocycles. The van der Waals surface area contributed by atoms with Gasteiger partial charge in [-0.15, -0.1) is 0 Å². The van der Waals surface area contributed by atoms with Gasteiger partial charge in [-0.1, -0.05) is 84.9 Å². The SMILES string of the molecule is CC(=O)N1C=Cc2ccccc2C1CC(=O)NCCC(c1ccccc1)c1ccccc1. The summed E-state index contributed by atoms with van der Waals surface area (Å²) in [6.45, 7) is 2.10. The third-order valence-electron chi connectivity index (χ3n) is 6.01. The first-order valence-corrected chi connectivity index (χ1v) is 11.1. The first kappa shape index (κ1) is 21.6. The summed E-state index contributed by atoms with van der Waals surface area (Å²) in [5, 5.41) is 3.09. The van der Waals surface area contributed by atoms with Crippen LogP contribution in [0, 0.1) is 0 Å². The number of benzene rings is 3. The normalized spacial score (nSPS) is 14.8. The van der Waals surface area contributed by atoms with Gasteiger partial charge in [0.25, 0.3) is 0 Å². The quantitative estimate of drug-likeness (QED) is 0.560. The van der Waals surface area contributed by atoms with Gasteiger partial charge in [0.2, 0.25) is 11.8 Å². The summed E-state index contributed by atoms with van der Waals surface area (Å²) in [7, 11) is 0. The molecular weight excluding hydrogens is 396 g/mol. The van der Waals surface area contributed by atoms with Gasteiger partial charge in [0.05, 0.1) is 12.5 Å². The van der Waals surface area contributed by atoms with Gasteiger partial charge in [0.15, 0.2) is 0 Å². The highest BCUT2D eigenvalue weighted by Crippen LogP contribution is 2.33. The van der Waals surface area contributed by atoms with Crippen molar-refractivity contribution in [3.8, 4) is 0 Å². The van der Waals surface area contributed by atoms with Crippen LogP contribution in [-0.2, 0) is 9.59 Å². The highest BCUT2D eigenvalue weighted by atomic mass is 16.2. The minimum absolute atomic E-state index is 0.0498. The number of carbonyl (C=O) groups is 2. The monoisotopic (exact) mass is 424 g/mol. The molecule has 2 amide bonds. The summed E-state index contributed by atoms with van der Waals surface area (Å²) in [6.07, 6.45) is 4.75. The number of rotatable bonds is 7. The van der Waals surface area contributed by atoms with E-state index >= 15 is 0 Å². The van der Waals surface area contributed by atoms with Crippen molar-refractivity contribution in [3.63, 3.8) is 0 Å². The van der Waals surface area contributed by atoms with E-state index in [1.165, 1.54) is 18.1 Å². The largest absolute Gasteiger partial charge is 0.356 e. The van der Waals surface area contributed by atoms with Crippen molar-refractivity contribution >= 4 is 17.9 Å². The Hall–Kier alpha value is -3.66. The number of hydrogen-bond acceptors (Lipinski definition) is 2. The van der Waals surface area contributed by atoms with Gasteiger partial charge in [-0.3, -0.25) is 9.59 Å². The lowest BCUT2D eigenvalue weighted by Crippen LogP contribution is -2.35. The Labute approximate surface area is 189 Å². The number of nitrogens with one attached hydrogen (secondary N) is 1. The average Bonchev–Trinajstić information content (AvgIpc) is 2.83. The fraction of sp³-hybridized carbons (Fsp3) is 0.214. The molecule has 0 spiro atoms. The average molecular weight is 425 g/mol. The molecule has 4 rings (SSSR count). The molecule has 1 atom stereocenters. The molecule has 162 valence electrons. The number of amides is 2. The molecule has 1 aliphatic rings. The Morgan fingerprint density at radius 3 is 2.09 bits per heavy atom. The van der Waals surface area contributed by atoms with E-state index in [0.29, 0.717) is 6.54 Å². The third kappa shape index (κ3) is 4.97. The summed E-state index contributed by atoms with van der Waals surface area (Å²) in [4.78, 5) is 26.7. The summed E-state index contributed by atoms with van der Waals surface area (Å²) < 4.78 is 0. The van der Waals surface area contributed by atoms with Crippen molar-refractivity contribution in [1.82, 2.24) is 10.2 Å². The first-order chi connectivity index (χ1) is 15.6. The third-order valence-corrected chi connectivity index (χ3v) is 6.01. The molecule has 0 fully saturated rings. The summed E-state index contributed by atoms with van der Waals surface area (Å²) in [6, 6.07) is 28.4. The Balaban J connectivity index is 1.43. The Kier molecular flexibility index (Phi) is 6.81. The molecule has 3 aromatic rings. The van der Waals surface area contributed by atoms with Crippen LogP contribution in [0.4, 0.5) is 0 Å². The van der Waals surface area contributed by atoms with Crippen LogP contribution in [0.25, 0.3) is 6.08 Å². The van der Waals surface area contributed by atoms with Crippen LogP contribution in [-0.4, -0.2) is 23.3 Å². The van der Waals surface area contributed by atoms with E-state index in [1.54, 1.807) is 11.1 Å². The molecule has 1 heterocycles. The maximum absolute atomic E-state index is 12.9. The number of carbonyl (C=O) groups excluding carboxylic acids is 2. The van der Waals surface area contributed by atoms with Gasteiger partial charge >= 0.3 is 0 Å². The van der Waals surface area contributed by atoms with E-state index in [0.717, 1.165) is 17.5 Å². The lowest BCUT2D eigenvalue weighted by molar-refractivity contribution is -0.129. The maximum Gasteiger partial charge on any atom is 0.223 e. The Bertz CT molecular complexity index is 1050. The van der Waals surface area contributed by atoms with Gasteiger partial charge < -0.3 is 10.2 Å². The summed E-state index contributed by atoms with van der Waals surface area (Å²) >= 11 is 0. The van der Waals surface area contributed by atoms with Crippen molar-refractivity contribution in [2.24, 2.45) is 0 Å². The molecule has 0 radical (unpaired) electrons. The highest BCUT2D eigenvalue weighted by molar-refractivity contribution is 5.81. The van der Waals surface area contributed by atoms with Crippen molar-refractivity contribution in [3.05, 3.63) is 113 Å². The molecule has 1 unspecified atom stereocenters. The van der Waals surface area contributed by atoms with Crippen molar-refractivity contribution in [1.29, 1.82) is 0 Å². The standard InChI is InChI=1S/C28H28N2O2/c1-21(31)30-19-17-24-14-8-9-15-26(24)27(30)20-28(32)29-18-16-25(22-10-4-2-5-11-22)23-12-6-3-7-13-23/h2-15,17,19,25,27H,16,18,20H2,1H3,(H,29,32). The second-order valence-corrected chi connectivity index (χ2v) is 8.10. The molecule has 1 N–H and O–H groups in total. The molecule has 32 heavy (non-hydrogen) atoms. The molecule has 4 nitrogen and oxygen atoms in total. The summed E-state index contributed by atoms with van der Waals surface area (Å²) in [5.41, 5.74) is 4.53. The second-order valence-electron chi connectivity index (χ2n) is 8.10. The maximum atomic E-state index is 12.9. The molecule has 0 bridgehead atoms. The second kappa shape index (κ2) is 10.1. The van der Waals surface area contributed by atoms with Gasteiger partial charge in [-0.2, -0.15) is 0 Å². The smallest absolute Gasteiger partial charge is 0.223 e. The molecule has 0 saturated heterocycles. The molecular formula is C28H28N2O2. The minimum Gasteiger partial charge on any atom is -0.356 e. The first-order valence-electron chi connectivity index (χ1n) is 11.1. The molecule has 0 saturated carbocycles. The van der Waals surface area contributed by atoms with E-state index in [2.05, 4.69) is 29.6 Å². The Morgan fingerprint density at radius 2 is 1.47 bits per heavy atom. The zero-order valence-electron chi connectivity index (χ0n) is 18.3. The van der Waals surface area contributed by atoms with E-state index in [4.69, 9.17) is 0 Å². The lowest BCUT2D eigenvalue weighted by Gasteiger charge is -2.32. The van der Waals surface area contributed by atoms with Crippen LogP contribution in [0.2, 0.25) is 0 Å². The predicted molar refractivity (Wildman–Crippen MR) is 128 cm³/mol. The lowest BCUT2D eigenvalue weighted by atomic mass is 9.88. The van der Waals surface area contributed by atoms with E-state index < -0.39 is 0 Å². The minimum atomic E-state index is -0.284. The Morgan fingerprint density at radius 1 is 0.875 bits per heavy atom. The van der Waals surface area contributed by atoms with E-state index in [1.807, 2.05) is 66.7 Å². The molecule has 3 aromatic carbocycles. The van der Waals surface area contributed by atoms with Crippen LogP contribution in [0.3, 0.4) is 0 Å². The predicted octanol–water partition coefficient (Wildman–Crippen LogP) is 5.29. The molecule has 0 aromatic heterocycles. The van der Waals surface area contributed by atoms with Crippen LogP contribution < -0.4 is 5.32 Å². The fourth-order valence-corrected chi connectivity index (χ4v) is 4.41. The zero-order valence-corrected chi connectivity index (χ0v) is 18.3. The topological polar surface area (TPSA) is 49.4 Å². The van der Waals surface area contributed by atoms with Crippen LogP contribution in [0.15, 0.2) is 91.1 Å². The van der Waals surface area contributed by atoms with Crippen LogP contribution >= 0.6 is 0 Å². The van der Waals surface area contributed by atoms with E-state index in [-0.39, 0.29) is 30.2 Å². The fourth-order valence-electron chi connectivity index (χ4n) is 4.41. The number of nitrogens with zero attached hydrogens (tertiary/aromatic N) is 1. The van der Waals surface area contributed by atoms with E-state index in [9.17, 15) is 9.59 Å². The van der Waals surface area contributed by atoms with Crippen molar-refractivity contribution < 1.29 is 9.59 Å². The van der Waals surface area contributed by atoms with Crippen molar-refractivity contribution in [2.75, 3.05) is 6.54 Å². The summed E-state index contributed by atoms with van der Waals surface area (Å²) in [5.74, 6) is 0.0951. The van der Waals surface area contributed by atoms with Gasteiger partial charge in [0, 0.05) is 25.6 Å². The van der Waals surface area contributed by atoms with Gasteiger partial charge in [0.1, 0.15) is 0 Å². The molecule has 4 heteroatoms. The van der Waals surface area contributed by atoms with Gasteiger partial charge in [-0.05, 0) is 34.8 Å². The highest BCUT2D eigenvalue weighted by Gasteiger charge is 2.28. The number of hydrogen-bond donors (Lipinski definition) is 1. The molecule has 0 aliphatic carbocycles. The zero-order chi connectivity index (χ0) is 22.3. The number of fused-ring (bicyclic) bond motifs is 1.